The number of hydrogen-bond acceptors (Lipinski definition) is 5. The van der Waals surface area contributed by atoms with Gasteiger partial charge in [-0.3, -0.25) is 9.78 Å². The normalized spacial score (nSPS) is 18.9. The highest BCUT2D eigenvalue weighted by Crippen LogP contribution is 2.33. The monoisotopic (exact) mass is 431 g/mol. The lowest BCUT2D eigenvalue weighted by molar-refractivity contribution is -0.137. The number of pyridine rings is 1. The van der Waals surface area contributed by atoms with E-state index in [0.29, 0.717) is 22.2 Å². The summed E-state index contributed by atoms with van der Waals surface area (Å²) in [5.41, 5.74) is 0.429. The Morgan fingerprint density at radius 1 is 1.16 bits per heavy atom. The van der Waals surface area contributed by atoms with E-state index in [0.717, 1.165) is 18.2 Å². The lowest BCUT2D eigenvalue weighted by Gasteiger charge is -2.17. The topological polar surface area (TPSA) is 71.0 Å². The Kier molecular flexibility index (Phi) is 5.30. The van der Waals surface area contributed by atoms with Crippen molar-refractivity contribution in [3.63, 3.8) is 0 Å². The fourth-order valence-corrected chi connectivity index (χ4v) is 3.50. The molecule has 1 saturated heterocycles. The molecular formula is C21H17F4N5O. The Labute approximate surface area is 174 Å². The third kappa shape index (κ3) is 4.05. The van der Waals surface area contributed by atoms with Crippen LogP contribution in [0.5, 0.6) is 0 Å². The highest BCUT2D eigenvalue weighted by atomic mass is 19.4. The number of anilines is 1. The number of aromatic nitrogens is 3. The molecule has 0 unspecified atom stereocenters. The summed E-state index contributed by atoms with van der Waals surface area (Å²) in [4.78, 5) is 17.4. The van der Waals surface area contributed by atoms with Gasteiger partial charge in [-0.15, -0.1) is 10.2 Å². The van der Waals surface area contributed by atoms with E-state index in [1.54, 1.807) is 12.1 Å². The molecule has 1 aliphatic rings. The molecule has 0 spiro atoms. The van der Waals surface area contributed by atoms with Crippen LogP contribution in [0.1, 0.15) is 5.56 Å². The number of halogens is 4. The first-order valence-electron chi connectivity index (χ1n) is 9.39. The number of carbonyl (C=O) groups excluding carboxylic acids is 1. The standard InChI is InChI=1S/C21H17F4N5O/c1-2-17(31)30-10-15(22)16(11-30)27-20-19-14(4-3-9-26-19)18(28-29-20)12-5-7-13(8-6-12)21(23,24)25/h2-9,15-16H,1,10-11H2,(H,27,29)/t15-,16+/m0/s1. The van der Waals surface area contributed by atoms with Gasteiger partial charge in [0.1, 0.15) is 17.4 Å². The van der Waals surface area contributed by atoms with Crippen molar-refractivity contribution in [3.05, 3.63) is 60.8 Å². The van der Waals surface area contributed by atoms with Gasteiger partial charge in [0.2, 0.25) is 5.91 Å². The molecule has 1 N–H and O–H groups in total. The van der Waals surface area contributed by atoms with Gasteiger partial charge in [-0.05, 0) is 30.3 Å². The lowest BCUT2D eigenvalue weighted by Crippen LogP contribution is -2.31. The number of benzene rings is 1. The maximum absolute atomic E-state index is 14.4. The van der Waals surface area contributed by atoms with E-state index < -0.39 is 24.0 Å². The van der Waals surface area contributed by atoms with Gasteiger partial charge in [-0.1, -0.05) is 18.7 Å². The van der Waals surface area contributed by atoms with Gasteiger partial charge in [0.05, 0.1) is 18.2 Å². The molecule has 3 heterocycles. The molecule has 0 bridgehead atoms. The molecule has 31 heavy (non-hydrogen) atoms. The average Bonchev–Trinajstić information content (AvgIpc) is 3.13. The van der Waals surface area contributed by atoms with Crippen LogP contribution in [-0.4, -0.2) is 51.3 Å². The molecule has 1 fully saturated rings. The number of hydrogen-bond donors (Lipinski definition) is 1. The van der Waals surface area contributed by atoms with E-state index in [2.05, 4.69) is 27.1 Å². The van der Waals surface area contributed by atoms with E-state index in [4.69, 9.17) is 0 Å². The second-order valence-corrected chi connectivity index (χ2v) is 7.09. The predicted molar refractivity (Wildman–Crippen MR) is 107 cm³/mol. The Balaban J connectivity index is 1.66. The second-order valence-electron chi connectivity index (χ2n) is 7.09. The van der Waals surface area contributed by atoms with Crippen LogP contribution in [0.15, 0.2) is 55.3 Å². The third-order valence-electron chi connectivity index (χ3n) is 5.08. The Bertz CT molecular complexity index is 1130. The summed E-state index contributed by atoms with van der Waals surface area (Å²) >= 11 is 0. The van der Waals surface area contributed by atoms with Crippen molar-refractivity contribution in [2.75, 3.05) is 18.4 Å². The molecule has 0 radical (unpaired) electrons. The number of carbonyl (C=O) groups is 1. The van der Waals surface area contributed by atoms with Crippen LogP contribution in [0, 0.1) is 0 Å². The van der Waals surface area contributed by atoms with Gasteiger partial charge in [0.15, 0.2) is 5.82 Å². The van der Waals surface area contributed by atoms with Crippen LogP contribution in [0.3, 0.4) is 0 Å². The Morgan fingerprint density at radius 3 is 2.58 bits per heavy atom. The summed E-state index contributed by atoms with van der Waals surface area (Å²) in [7, 11) is 0. The molecule has 0 saturated carbocycles. The minimum Gasteiger partial charge on any atom is -0.359 e. The molecule has 2 atom stereocenters. The highest BCUT2D eigenvalue weighted by Gasteiger charge is 2.35. The molecule has 0 aliphatic carbocycles. The van der Waals surface area contributed by atoms with Crippen LogP contribution < -0.4 is 5.32 Å². The van der Waals surface area contributed by atoms with Gasteiger partial charge >= 0.3 is 6.18 Å². The van der Waals surface area contributed by atoms with E-state index in [1.165, 1.54) is 23.2 Å². The molecular weight excluding hydrogens is 414 g/mol. The van der Waals surface area contributed by atoms with E-state index in [1.807, 2.05) is 0 Å². The number of nitrogens with one attached hydrogen (secondary N) is 1. The Hall–Kier alpha value is -3.56. The van der Waals surface area contributed by atoms with Crippen molar-refractivity contribution in [3.8, 4) is 11.3 Å². The Morgan fingerprint density at radius 2 is 1.90 bits per heavy atom. The summed E-state index contributed by atoms with van der Waals surface area (Å²) in [5, 5.41) is 11.8. The lowest BCUT2D eigenvalue weighted by atomic mass is 10.0. The number of alkyl halides is 4. The average molecular weight is 431 g/mol. The van der Waals surface area contributed by atoms with Gasteiger partial charge in [0.25, 0.3) is 0 Å². The number of nitrogens with zero attached hydrogens (tertiary/aromatic N) is 4. The van der Waals surface area contributed by atoms with Gasteiger partial charge in [-0.25, -0.2) is 4.39 Å². The van der Waals surface area contributed by atoms with Gasteiger partial charge in [0, 0.05) is 23.7 Å². The molecule has 2 aromatic heterocycles. The summed E-state index contributed by atoms with van der Waals surface area (Å²) in [6.07, 6.45) is -3.10. The van der Waals surface area contributed by atoms with E-state index in [-0.39, 0.29) is 24.8 Å². The van der Waals surface area contributed by atoms with Crippen molar-refractivity contribution in [2.24, 2.45) is 0 Å². The zero-order chi connectivity index (χ0) is 22.2. The van der Waals surface area contributed by atoms with E-state index >= 15 is 0 Å². The molecule has 1 aromatic carbocycles. The maximum Gasteiger partial charge on any atom is 0.416 e. The number of amides is 1. The first-order valence-corrected chi connectivity index (χ1v) is 9.39. The molecule has 1 aliphatic heterocycles. The predicted octanol–water partition coefficient (Wildman–Crippen LogP) is 3.86. The molecule has 6 nitrogen and oxygen atoms in total. The van der Waals surface area contributed by atoms with Crippen molar-refractivity contribution in [1.29, 1.82) is 0 Å². The first kappa shape index (κ1) is 20.7. The zero-order valence-electron chi connectivity index (χ0n) is 16.1. The smallest absolute Gasteiger partial charge is 0.359 e. The number of rotatable bonds is 4. The van der Waals surface area contributed by atoms with Crippen molar-refractivity contribution < 1.29 is 22.4 Å². The minimum absolute atomic E-state index is 0.0645. The van der Waals surface area contributed by atoms with Gasteiger partial charge in [-0.2, -0.15) is 13.2 Å². The van der Waals surface area contributed by atoms with Crippen molar-refractivity contribution >= 4 is 22.6 Å². The molecule has 10 heteroatoms. The van der Waals surface area contributed by atoms with Crippen LogP contribution in [0.4, 0.5) is 23.4 Å². The molecule has 3 aromatic rings. The maximum atomic E-state index is 14.4. The molecule has 4 rings (SSSR count). The van der Waals surface area contributed by atoms with Crippen LogP contribution in [0.2, 0.25) is 0 Å². The minimum atomic E-state index is -4.44. The largest absolute Gasteiger partial charge is 0.416 e. The van der Waals surface area contributed by atoms with Crippen LogP contribution >= 0.6 is 0 Å². The third-order valence-corrected chi connectivity index (χ3v) is 5.08. The van der Waals surface area contributed by atoms with Crippen LogP contribution in [0.25, 0.3) is 22.2 Å². The van der Waals surface area contributed by atoms with Crippen molar-refractivity contribution in [1.82, 2.24) is 20.1 Å². The fraction of sp³-hybridized carbons (Fsp3) is 0.238. The van der Waals surface area contributed by atoms with Crippen LogP contribution in [-0.2, 0) is 11.0 Å². The van der Waals surface area contributed by atoms with E-state index in [9.17, 15) is 22.4 Å². The number of fused-ring (bicyclic) bond motifs is 1. The quantitative estimate of drug-likeness (QED) is 0.502. The summed E-state index contributed by atoms with van der Waals surface area (Å²) in [6.45, 7) is 3.47. The fourth-order valence-electron chi connectivity index (χ4n) is 3.50. The molecule has 1 amide bonds. The summed E-state index contributed by atoms with van der Waals surface area (Å²) < 4.78 is 53.0. The SMILES string of the molecule is C=CC(=O)N1C[C@H](F)[C@H](Nc2nnc(-c3ccc(C(F)(F)F)cc3)c3cccnc23)C1. The van der Waals surface area contributed by atoms with Crippen molar-refractivity contribution in [2.45, 2.75) is 18.4 Å². The summed E-state index contributed by atoms with van der Waals surface area (Å²) in [6, 6.07) is 7.26. The molecule has 160 valence electrons. The zero-order valence-corrected chi connectivity index (χ0v) is 16.1. The summed E-state index contributed by atoms with van der Waals surface area (Å²) in [5.74, 6) is -0.134. The van der Waals surface area contributed by atoms with Gasteiger partial charge < -0.3 is 10.2 Å². The number of likely N-dealkylation sites (tertiary alicyclic amines) is 1. The second kappa shape index (κ2) is 7.93. The first-order chi connectivity index (χ1) is 14.8. The highest BCUT2D eigenvalue weighted by molar-refractivity contribution is 5.97.